The number of likely N-dealkylation sites (tertiary alicyclic amines) is 1. The topological polar surface area (TPSA) is 104 Å². The van der Waals surface area contributed by atoms with Gasteiger partial charge in [0.1, 0.15) is 12.3 Å². The van der Waals surface area contributed by atoms with Gasteiger partial charge in [-0.1, -0.05) is 23.4 Å². The molecule has 10 heteroatoms. The number of aryl methyl sites for hydroxylation is 1. The molecule has 3 aromatic heterocycles. The van der Waals surface area contributed by atoms with Crippen LogP contribution < -0.4 is 4.74 Å². The lowest BCUT2D eigenvalue weighted by Crippen LogP contribution is -2.29. The first-order valence-corrected chi connectivity index (χ1v) is 9.69. The van der Waals surface area contributed by atoms with Crippen molar-refractivity contribution in [1.29, 1.82) is 0 Å². The van der Waals surface area contributed by atoms with Crippen LogP contribution in [0.15, 0.2) is 49.1 Å². The molecule has 1 unspecified atom stereocenters. The minimum absolute atomic E-state index is 0.0550. The summed E-state index contributed by atoms with van der Waals surface area (Å²) in [5.74, 6) is 0.382. The molecular formula is C20H20N8O2. The van der Waals surface area contributed by atoms with Gasteiger partial charge in [0.25, 0.3) is 5.91 Å². The molecule has 1 atom stereocenters. The Bertz CT molecular complexity index is 1190. The van der Waals surface area contributed by atoms with E-state index in [-0.39, 0.29) is 18.6 Å². The fourth-order valence-corrected chi connectivity index (χ4v) is 3.73. The number of ether oxygens (including phenoxy) is 1. The van der Waals surface area contributed by atoms with Gasteiger partial charge in [-0.05, 0) is 12.5 Å². The number of hydrogen-bond donors (Lipinski definition) is 0. The maximum absolute atomic E-state index is 13.1. The Hall–Kier alpha value is -3.82. The average molecular weight is 404 g/mol. The second-order valence-electron chi connectivity index (χ2n) is 7.21. The van der Waals surface area contributed by atoms with Gasteiger partial charge in [0, 0.05) is 37.9 Å². The molecule has 1 aliphatic heterocycles. The Morgan fingerprint density at radius 3 is 3.03 bits per heavy atom. The molecule has 0 aliphatic carbocycles. The van der Waals surface area contributed by atoms with E-state index in [9.17, 15) is 4.79 Å². The van der Waals surface area contributed by atoms with Crippen molar-refractivity contribution >= 4 is 16.8 Å². The highest BCUT2D eigenvalue weighted by molar-refractivity contribution is 6.04. The number of nitrogens with zero attached hydrogens (tertiary/aromatic N) is 8. The second-order valence-corrected chi connectivity index (χ2v) is 7.21. The highest BCUT2D eigenvalue weighted by atomic mass is 16.5. The molecule has 0 radical (unpaired) electrons. The maximum Gasteiger partial charge on any atom is 0.275 e. The molecule has 1 aromatic carbocycles. The molecule has 152 valence electrons. The van der Waals surface area contributed by atoms with Crippen LogP contribution in [0.25, 0.3) is 10.9 Å². The van der Waals surface area contributed by atoms with Gasteiger partial charge >= 0.3 is 0 Å². The van der Waals surface area contributed by atoms with Gasteiger partial charge in [0.15, 0.2) is 5.69 Å². The SMILES string of the molecule is Cn1nc(C(=O)N2CCC(n3cc(COc4cnccn4)nn3)C2)c2ccccc21. The van der Waals surface area contributed by atoms with E-state index in [1.807, 2.05) is 42.4 Å². The molecule has 1 fully saturated rings. The lowest BCUT2D eigenvalue weighted by atomic mass is 10.2. The zero-order valence-electron chi connectivity index (χ0n) is 16.4. The zero-order valence-corrected chi connectivity index (χ0v) is 16.4. The van der Waals surface area contributed by atoms with Crippen LogP contribution in [0.3, 0.4) is 0 Å². The Balaban J connectivity index is 1.26. The van der Waals surface area contributed by atoms with Gasteiger partial charge < -0.3 is 9.64 Å². The number of carbonyl (C=O) groups is 1. The van der Waals surface area contributed by atoms with Crippen molar-refractivity contribution < 1.29 is 9.53 Å². The van der Waals surface area contributed by atoms with E-state index in [0.29, 0.717) is 30.4 Å². The van der Waals surface area contributed by atoms with Gasteiger partial charge in [-0.2, -0.15) is 5.10 Å². The molecule has 0 saturated carbocycles. The third kappa shape index (κ3) is 3.36. The fourth-order valence-electron chi connectivity index (χ4n) is 3.73. The van der Waals surface area contributed by atoms with Gasteiger partial charge in [-0.25, -0.2) is 9.67 Å². The van der Waals surface area contributed by atoms with Crippen molar-refractivity contribution in [3.05, 3.63) is 60.4 Å². The second kappa shape index (κ2) is 7.54. The summed E-state index contributed by atoms with van der Waals surface area (Å²) in [5.41, 5.74) is 2.13. The first-order chi connectivity index (χ1) is 14.7. The molecule has 0 spiro atoms. The van der Waals surface area contributed by atoms with Crippen LogP contribution in [0, 0.1) is 0 Å². The zero-order chi connectivity index (χ0) is 20.5. The lowest BCUT2D eigenvalue weighted by Gasteiger charge is -2.15. The third-order valence-corrected chi connectivity index (χ3v) is 5.25. The summed E-state index contributed by atoms with van der Waals surface area (Å²) in [6.45, 7) is 1.48. The van der Waals surface area contributed by atoms with Crippen LogP contribution in [-0.2, 0) is 13.7 Å². The van der Waals surface area contributed by atoms with E-state index in [1.54, 1.807) is 28.0 Å². The van der Waals surface area contributed by atoms with E-state index in [2.05, 4.69) is 25.4 Å². The summed E-state index contributed by atoms with van der Waals surface area (Å²) >= 11 is 0. The molecule has 30 heavy (non-hydrogen) atoms. The Morgan fingerprint density at radius 1 is 1.27 bits per heavy atom. The van der Waals surface area contributed by atoms with Crippen LogP contribution in [0.4, 0.5) is 0 Å². The number of benzene rings is 1. The smallest absolute Gasteiger partial charge is 0.275 e. The lowest BCUT2D eigenvalue weighted by molar-refractivity contribution is 0.0782. The molecular weight excluding hydrogens is 384 g/mol. The van der Waals surface area contributed by atoms with E-state index in [4.69, 9.17) is 4.74 Å². The first kappa shape index (κ1) is 18.2. The predicted molar refractivity (Wildman–Crippen MR) is 107 cm³/mol. The van der Waals surface area contributed by atoms with E-state index in [0.717, 1.165) is 17.3 Å². The molecule has 0 N–H and O–H groups in total. The van der Waals surface area contributed by atoms with Crippen molar-refractivity contribution in [2.45, 2.75) is 19.1 Å². The van der Waals surface area contributed by atoms with Crippen LogP contribution in [0.5, 0.6) is 5.88 Å². The van der Waals surface area contributed by atoms with Crippen molar-refractivity contribution in [1.82, 2.24) is 39.6 Å². The van der Waals surface area contributed by atoms with Crippen molar-refractivity contribution in [2.24, 2.45) is 7.05 Å². The first-order valence-electron chi connectivity index (χ1n) is 9.69. The third-order valence-electron chi connectivity index (χ3n) is 5.25. The largest absolute Gasteiger partial charge is 0.470 e. The van der Waals surface area contributed by atoms with Gasteiger partial charge in [0.05, 0.1) is 24.0 Å². The predicted octanol–water partition coefficient (Wildman–Crippen LogP) is 1.62. The number of hydrogen-bond acceptors (Lipinski definition) is 7. The number of rotatable bonds is 5. The van der Waals surface area contributed by atoms with Crippen molar-refractivity contribution in [3.8, 4) is 5.88 Å². The standard InChI is InChI=1S/C20H20N8O2/c1-26-17-5-3-2-4-16(17)19(24-26)20(29)27-9-6-15(12-27)28-11-14(23-25-28)13-30-18-10-21-7-8-22-18/h2-5,7-8,10-11,15H,6,9,12-13H2,1H3. The Kier molecular flexibility index (Phi) is 4.58. The molecule has 4 heterocycles. The number of carbonyl (C=O) groups excluding carboxylic acids is 1. The number of amides is 1. The van der Waals surface area contributed by atoms with Crippen molar-refractivity contribution in [3.63, 3.8) is 0 Å². The highest BCUT2D eigenvalue weighted by Crippen LogP contribution is 2.25. The molecule has 5 rings (SSSR count). The minimum Gasteiger partial charge on any atom is -0.470 e. The molecule has 1 saturated heterocycles. The number of fused-ring (bicyclic) bond motifs is 1. The monoisotopic (exact) mass is 404 g/mol. The fraction of sp³-hybridized carbons (Fsp3) is 0.300. The summed E-state index contributed by atoms with van der Waals surface area (Å²) in [6, 6.07) is 7.84. The van der Waals surface area contributed by atoms with Crippen LogP contribution in [0.2, 0.25) is 0 Å². The molecule has 0 bridgehead atoms. The summed E-state index contributed by atoms with van der Waals surface area (Å²) in [4.78, 5) is 22.9. The quantitative estimate of drug-likeness (QED) is 0.498. The minimum atomic E-state index is -0.0550. The summed E-state index contributed by atoms with van der Waals surface area (Å²) in [7, 11) is 1.85. The van der Waals surface area contributed by atoms with Crippen LogP contribution in [-0.4, -0.2) is 58.6 Å². The van der Waals surface area contributed by atoms with Crippen LogP contribution in [0.1, 0.15) is 28.6 Å². The Labute approximate surface area is 172 Å². The summed E-state index contributed by atoms with van der Waals surface area (Å²) in [6.07, 6.45) is 7.37. The summed E-state index contributed by atoms with van der Waals surface area (Å²) < 4.78 is 9.12. The van der Waals surface area contributed by atoms with Gasteiger partial charge in [0.2, 0.25) is 5.88 Å². The normalized spacial score (nSPS) is 16.3. The maximum atomic E-state index is 13.1. The molecule has 4 aromatic rings. The van der Waals surface area contributed by atoms with Gasteiger partial charge in [-0.3, -0.25) is 14.5 Å². The molecule has 10 nitrogen and oxygen atoms in total. The number of aromatic nitrogens is 7. The highest BCUT2D eigenvalue weighted by Gasteiger charge is 2.31. The average Bonchev–Trinajstić information content (AvgIpc) is 3.52. The van der Waals surface area contributed by atoms with E-state index in [1.165, 1.54) is 0 Å². The van der Waals surface area contributed by atoms with E-state index >= 15 is 0 Å². The number of para-hydroxylation sites is 1. The molecule has 1 amide bonds. The van der Waals surface area contributed by atoms with Crippen molar-refractivity contribution in [2.75, 3.05) is 13.1 Å². The van der Waals surface area contributed by atoms with E-state index < -0.39 is 0 Å². The van der Waals surface area contributed by atoms with Gasteiger partial charge in [-0.15, -0.1) is 5.10 Å². The van der Waals surface area contributed by atoms with Crippen LogP contribution >= 0.6 is 0 Å². The Morgan fingerprint density at radius 2 is 2.17 bits per heavy atom. The summed E-state index contributed by atoms with van der Waals surface area (Å²) in [5, 5.41) is 13.7. The molecule has 1 aliphatic rings.